The summed E-state index contributed by atoms with van der Waals surface area (Å²) in [5.74, 6) is 0.663. The molecule has 0 aliphatic rings. The molecule has 6 nitrogen and oxygen atoms in total. The summed E-state index contributed by atoms with van der Waals surface area (Å²) in [7, 11) is -0.351. The standard InChI is InChI=1S/C14H21NO5S/c1-9(15-14(16)10(2)21(5,17)18)12-7-6-11(19-3)8-13(12)20-4/h6-10H,1-5H3,(H,15,16)/t9-,10+/m0/s1. The molecule has 0 heterocycles. The van der Waals surface area contributed by atoms with Crippen LogP contribution in [-0.4, -0.2) is 40.1 Å². The van der Waals surface area contributed by atoms with Crippen LogP contribution < -0.4 is 14.8 Å². The maximum absolute atomic E-state index is 11.9. The Morgan fingerprint density at radius 2 is 1.81 bits per heavy atom. The molecule has 0 bridgehead atoms. The van der Waals surface area contributed by atoms with Crippen LogP contribution >= 0.6 is 0 Å². The quantitative estimate of drug-likeness (QED) is 0.856. The smallest absolute Gasteiger partial charge is 0.238 e. The Balaban J connectivity index is 2.94. The van der Waals surface area contributed by atoms with E-state index in [4.69, 9.17) is 9.47 Å². The SMILES string of the molecule is COc1ccc([C@H](C)NC(=O)[C@@H](C)S(C)(=O)=O)c(OC)c1. The Bertz CT molecular complexity index is 612. The molecular formula is C14H21NO5S. The molecule has 0 saturated heterocycles. The van der Waals surface area contributed by atoms with Gasteiger partial charge in [-0.3, -0.25) is 4.79 Å². The third kappa shape index (κ3) is 4.35. The number of carbonyl (C=O) groups excluding carboxylic acids is 1. The summed E-state index contributed by atoms with van der Waals surface area (Å²) in [5.41, 5.74) is 0.743. The van der Waals surface area contributed by atoms with Crippen LogP contribution in [0.2, 0.25) is 0 Å². The van der Waals surface area contributed by atoms with Gasteiger partial charge in [-0.15, -0.1) is 0 Å². The van der Waals surface area contributed by atoms with Crippen molar-refractivity contribution in [2.24, 2.45) is 0 Å². The van der Waals surface area contributed by atoms with E-state index in [0.29, 0.717) is 11.5 Å². The topological polar surface area (TPSA) is 81.7 Å². The molecule has 0 aromatic heterocycles. The van der Waals surface area contributed by atoms with E-state index in [9.17, 15) is 13.2 Å². The van der Waals surface area contributed by atoms with Gasteiger partial charge >= 0.3 is 0 Å². The number of hydrogen-bond donors (Lipinski definition) is 1. The molecule has 21 heavy (non-hydrogen) atoms. The van der Waals surface area contributed by atoms with E-state index < -0.39 is 21.0 Å². The van der Waals surface area contributed by atoms with Crippen LogP contribution in [0.25, 0.3) is 0 Å². The first-order valence-electron chi connectivity index (χ1n) is 6.41. The van der Waals surface area contributed by atoms with Gasteiger partial charge in [-0.25, -0.2) is 8.42 Å². The Labute approximate surface area is 125 Å². The molecule has 0 aliphatic carbocycles. The molecule has 0 unspecified atom stereocenters. The molecule has 118 valence electrons. The predicted molar refractivity (Wildman–Crippen MR) is 80.4 cm³/mol. The molecule has 0 saturated carbocycles. The Kier molecular flexibility index (Phi) is 5.60. The lowest BCUT2D eigenvalue weighted by atomic mass is 10.1. The molecule has 1 amide bonds. The van der Waals surface area contributed by atoms with E-state index in [2.05, 4.69) is 5.32 Å². The lowest BCUT2D eigenvalue weighted by Gasteiger charge is -2.19. The average Bonchev–Trinajstić information content (AvgIpc) is 2.44. The van der Waals surface area contributed by atoms with E-state index in [1.54, 1.807) is 32.2 Å². The monoisotopic (exact) mass is 315 g/mol. The molecule has 1 N–H and O–H groups in total. The maximum atomic E-state index is 11.9. The molecule has 1 rings (SSSR count). The number of amides is 1. The fourth-order valence-corrected chi connectivity index (χ4v) is 2.24. The van der Waals surface area contributed by atoms with Crippen LogP contribution in [-0.2, 0) is 14.6 Å². The van der Waals surface area contributed by atoms with Crippen LogP contribution in [0, 0.1) is 0 Å². The van der Waals surface area contributed by atoms with Crippen molar-refractivity contribution in [3.63, 3.8) is 0 Å². The summed E-state index contributed by atoms with van der Waals surface area (Å²) in [6, 6.07) is 4.84. The Hall–Kier alpha value is -1.76. The van der Waals surface area contributed by atoms with Gasteiger partial charge in [0, 0.05) is 17.9 Å². The summed E-state index contributed by atoms with van der Waals surface area (Å²) in [5, 5.41) is 1.58. The van der Waals surface area contributed by atoms with E-state index >= 15 is 0 Å². The first kappa shape index (κ1) is 17.3. The van der Waals surface area contributed by atoms with Gasteiger partial charge in [0.1, 0.15) is 16.7 Å². The number of carbonyl (C=O) groups is 1. The largest absolute Gasteiger partial charge is 0.497 e. The molecule has 0 aliphatic heterocycles. The third-order valence-corrected chi connectivity index (χ3v) is 4.78. The fourth-order valence-electron chi connectivity index (χ4n) is 1.78. The van der Waals surface area contributed by atoms with Crippen molar-refractivity contribution in [3.8, 4) is 11.5 Å². The van der Waals surface area contributed by atoms with Gasteiger partial charge in [0.05, 0.1) is 20.3 Å². The molecule has 0 spiro atoms. The van der Waals surface area contributed by atoms with Crippen LogP contribution in [0.4, 0.5) is 0 Å². The van der Waals surface area contributed by atoms with Crippen molar-refractivity contribution in [3.05, 3.63) is 23.8 Å². The van der Waals surface area contributed by atoms with Gasteiger partial charge in [0.15, 0.2) is 9.84 Å². The van der Waals surface area contributed by atoms with Gasteiger partial charge in [0.25, 0.3) is 0 Å². The second-order valence-electron chi connectivity index (χ2n) is 4.81. The highest BCUT2D eigenvalue weighted by Gasteiger charge is 2.25. The lowest BCUT2D eigenvalue weighted by Crippen LogP contribution is -2.38. The second-order valence-corrected chi connectivity index (χ2v) is 7.18. The van der Waals surface area contributed by atoms with Crippen LogP contribution in [0.1, 0.15) is 25.5 Å². The van der Waals surface area contributed by atoms with Gasteiger partial charge in [-0.2, -0.15) is 0 Å². The number of methoxy groups -OCH3 is 2. The normalized spacial score (nSPS) is 14.1. The van der Waals surface area contributed by atoms with Gasteiger partial charge in [-0.05, 0) is 26.0 Å². The minimum atomic E-state index is -3.42. The zero-order chi connectivity index (χ0) is 16.2. The van der Waals surface area contributed by atoms with Crippen molar-refractivity contribution in [1.82, 2.24) is 5.32 Å². The second kappa shape index (κ2) is 6.80. The summed E-state index contributed by atoms with van der Waals surface area (Å²) < 4.78 is 33.2. The van der Waals surface area contributed by atoms with Crippen molar-refractivity contribution < 1.29 is 22.7 Å². The van der Waals surface area contributed by atoms with Crippen LogP contribution in [0.3, 0.4) is 0 Å². The summed E-state index contributed by atoms with van der Waals surface area (Å²) in [4.78, 5) is 11.9. The highest BCUT2D eigenvalue weighted by atomic mass is 32.2. The Morgan fingerprint density at radius 3 is 2.29 bits per heavy atom. The van der Waals surface area contributed by atoms with Gasteiger partial charge < -0.3 is 14.8 Å². The highest BCUT2D eigenvalue weighted by molar-refractivity contribution is 7.92. The highest BCUT2D eigenvalue weighted by Crippen LogP contribution is 2.29. The molecule has 1 aromatic rings. The Morgan fingerprint density at radius 1 is 1.19 bits per heavy atom. The first-order chi connectivity index (χ1) is 9.70. The average molecular weight is 315 g/mol. The van der Waals surface area contributed by atoms with Crippen LogP contribution in [0.5, 0.6) is 11.5 Å². The zero-order valence-corrected chi connectivity index (χ0v) is 13.7. The minimum absolute atomic E-state index is 0.387. The van der Waals surface area contributed by atoms with E-state index in [1.165, 1.54) is 14.0 Å². The fraction of sp³-hybridized carbons (Fsp3) is 0.500. The number of nitrogens with one attached hydrogen (secondary N) is 1. The number of hydrogen-bond acceptors (Lipinski definition) is 5. The number of ether oxygens (including phenoxy) is 2. The minimum Gasteiger partial charge on any atom is -0.497 e. The number of sulfone groups is 1. The van der Waals surface area contributed by atoms with E-state index in [0.717, 1.165) is 11.8 Å². The number of benzene rings is 1. The maximum Gasteiger partial charge on any atom is 0.238 e. The molecule has 0 radical (unpaired) electrons. The summed E-state index contributed by atoms with van der Waals surface area (Å²) >= 11 is 0. The van der Waals surface area contributed by atoms with Crippen molar-refractivity contribution in [2.45, 2.75) is 25.1 Å². The summed E-state index contributed by atoms with van der Waals surface area (Å²) in [6.45, 7) is 3.12. The third-order valence-electron chi connectivity index (χ3n) is 3.28. The zero-order valence-electron chi connectivity index (χ0n) is 12.8. The van der Waals surface area contributed by atoms with Gasteiger partial charge in [-0.1, -0.05) is 0 Å². The summed E-state index contributed by atoms with van der Waals surface area (Å²) in [6.07, 6.45) is 1.04. The first-order valence-corrected chi connectivity index (χ1v) is 8.37. The van der Waals surface area contributed by atoms with Crippen molar-refractivity contribution in [2.75, 3.05) is 20.5 Å². The predicted octanol–water partition coefficient (Wildman–Crippen LogP) is 1.31. The van der Waals surface area contributed by atoms with Crippen molar-refractivity contribution >= 4 is 15.7 Å². The molecule has 1 aromatic carbocycles. The van der Waals surface area contributed by atoms with Crippen molar-refractivity contribution in [1.29, 1.82) is 0 Å². The molecule has 2 atom stereocenters. The van der Waals surface area contributed by atoms with E-state index in [1.807, 2.05) is 0 Å². The van der Waals surface area contributed by atoms with Gasteiger partial charge in [0.2, 0.25) is 5.91 Å². The molecule has 0 fully saturated rings. The van der Waals surface area contributed by atoms with Crippen LogP contribution in [0.15, 0.2) is 18.2 Å². The number of rotatable bonds is 6. The lowest BCUT2D eigenvalue weighted by molar-refractivity contribution is -0.121. The molecule has 7 heteroatoms. The van der Waals surface area contributed by atoms with E-state index in [-0.39, 0.29) is 6.04 Å². The molecular weight excluding hydrogens is 294 g/mol.